The van der Waals surface area contributed by atoms with Gasteiger partial charge in [-0.05, 0) is 43.9 Å². The summed E-state index contributed by atoms with van der Waals surface area (Å²) in [7, 11) is 0. The Hall–Kier alpha value is -1.02. The molecule has 0 radical (unpaired) electrons. The number of hydrogen-bond acceptors (Lipinski definition) is 2. The number of rotatable bonds is 3. The van der Waals surface area contributed by atoms with E-state index in [-0.39, 0.29) is 0 Å². The van der Waals surface area contributed by atoms with E-state index < -0.39 is 0 Å². The molecule has 3 rings (SSSR count). The van der Waals surface area contributed by atoms with Crippen LogP contribution in [-0.4, -0.2) is 19.6 Å². The van der Waals surface area contributed by atoms with Crippen molar-refractivity contribution in [3.63, 3.8) is 0 Å². The molecule has 1 aromatic rings. The van der Waals surface area contributed by atoms with E-state index >= 15 is 0 Å². The van der Waals surface area contributed by atoms with E-state index in [2.05, 4.69) is 29.2 Å². The number of para-hydroxylation sites is 1. The molecular weight excluding hydrogens is 232 g/mol. The second-order valence-corrected chi connectivity index (χ2v) is 6.42. The molecule has 0 amide bonds. The second-order valence-electron chi connectivity index (χ2n) is 6.42. The van der Waals surface area contributed by atoms with Crippen LogP contribution in [0, 0.1) is 5.41 Å². The maximum atomic E-state index is 6.15. The number of aryl methyl sites for hydroxylation is 1. The fraction of sp³-hybridized carbons (Fsp3) is 0.647. The number of nitrogens with zero attached hydrogens (tertiary/aromatic N) is 1. The molecule has 2 aliphatic rings. The van der Waals surface area contributed by atoms with Crippen molar-refractivity contribution in [3.8, 4) is 0 Å². The number of anilines is 1. The van der Waals surface area contributed by atoms with Crippen LogP contribution in [0.2, 0.25) is 0 Å². The number of nitrogens with two attached hydrogens (primary N) is 1. The average molecular weight is 258 g/mol. The van der Waals surface area contributed by atoms with E-state index in [0.29, 0.717) is 5.41 Å². The number of fused-ring (bicyclic) bond motifs is 1. The first-order chi connectivity index (χ1) is 9.33. The molecule has 1 aliphatic heterocycles. The fourth-order valence-corrected chi connectivity index (χ4v) is 3.91. The third kappa shape index (κ3) is 2.64. The Morgan fingerprint density at radius 3 is 2.63 bits per heavy atom. The van der Waals surface area contributed by atoms with E-state index in [4.69, 9.17) is 5.73 Å². The van der Waals surface area contributed by atoms with Gasteiger partial charge in [-0.2, -0.15) is 0 Å². The van der Waals surface area contributed by atoms with Crippen molar-refractivity contribution in [1.82, 2.24) is 0 Å². The van der Waals surface area contributed by atoms with E-state index in [1.165, 1.54) is 69.3 Å². The zero-order chi connectivity index (χ0) is 13.1. The summed E-state index contributed by atoms with van der Waals surface area (Å²) >= 11 is 0. The topological polar surface area (TPSA) is 29.3 Å². The molecule has 2 heteroatoms. The Balaban J connectivity index is 1.79. The predicted molar refractivity (Wildman–Crippen MR) is 81.5 cm³/mol. The Bertz CT molecular complexity index is 421. The van der Waals surface area contributed by atoms with Crippen molar-refractivity contribution in [2.45, 2.75) is 44.9 Å². The van der Waals surface area contributed by atoms with Crippen molar-refractivity contribution in [2.24, 2.45) is 11.1 Å². The molecule has 0 bridgehead atoms. The van der Waals surface area contributed by atoms with Gasteiger partial charge in [0.05, 0.1) is 0 Å². The van der Waals surface area contributed by atoms with Crippen LogP contribution in [0.25, 0.3) is 0 Å². The lowest BCUT2D eigenvalue weighted by atomic mass is 9.73. The minimum atomic E-state index is 0.378. The van der Waals surface area contributed by atoms with Gasteiger partial charge in [0.25, 0.3) is 0 Å². The van der Waals surface area contributed by atoms with Crippen LogP contribution in [0.4, 0.5) is 5.69 Å². The third-order valence-electron chi connectivity index (χ3n) is 5.08. The largest absolute Gasteiger partial charge is 0.371 e. The van der Waals surface area contributed by atoms with Crippen molar-refractivity contribution >= 4 is 5.69 Å². The van der Waals surface area contributed by atoms with Gasteiger partial charge in [-0.1, -0.05) is 37.5 Å². The lowest BCUT2D eigenvalue weighted by molar-refractivity contribution is 0.202. The highest BCUT2D eigenvalue weighted by atomic mass is 15.1. The summed E-state index contributed by atoms with van der Waals surface area (Å²) in [4.78, 5) is 2.61. The summed E-state index contributed by atoms with van der Waals surface area (Å²) in [6.45, 7) is 3.23. The minimum Gasteiger partial charge on any atom is -0.371 e. The standard InChI is InChI=1S/C17H26N2/c18-13-17(10-4-1-5-11-17)14-19-12-6-8-15-7-2-3-9-16(15)19/h2-3,7,9H,1,4-6,8,10-14,18H2. The molecule has 104 valence electrons. The molecule has 1 heterocycles. The zero-order valence-corrected chi connectivity index (χ0v) is 11.9. The molecular formula is C17H26N2. The maximum Gasteiger partial charge on any atom is 0.0398 e. The highest BCUT2D eigenvalue weighted by Crippen LogP contribution is 2.38. The summed E-state index contributed by atoms with van der Waals surface area (Å²) in [6.07, 6.45) is 9.31. The number of benzene rings is 1. The average Bonchev–Trinajstić information content (AvgIpc) is 2.49. The second kappa shape index (κ2) is 5.54. The van der Waals surface area contributed by atoms with Gasteiger partial charge in [0.2, 0.25) is 0 Å². The normalized spacial score (nSPS) is 22.1. The summed E-state index contributed by atoms with van der Waals surface area (Å²) in [5.74, 6) is 0. The molecule has 1 aromatic carbocycles. The molecule has 0 unspecified atom stereocenters. The maximum absolute atomic E-state index is 6.15. The van der Waals surface area contributed by atoms with E-state index in [9.17, 15) is 0 Å². The van der Waals surface area contributed by atoms with Crippen LogP contribution in [-0.2, 0) is 6.42 Å². The first-order valence-corrected chi connectivity index (χ1v) is 7.86. The Morgan fingerprint density at radius 2 is 1.84 bits per heavy atom. The smallest absolute Gasteiger partial charge is 0.0398 e. The highest BCUT2D eigenvalue weighted by Gasteiger charge is 2.33. The van der Waals surface area contributed by atoms with Gasteiger partial charge < -0.3 is 10.6 Å². The van der Waals surface area contributed by atoms with Crippen LogP contribution in [0.5, 0.6) is 0 Å². The molecule has 0 saturated heterocycles. The van der Waals surface area contributed by atoms with Crippen molar-refractivity contribution < 1.29 is 0 Å². The van der Waals surface area contributed by atoms with Crippen LogP contribution < -0.4 is 10.6 Å². The fourth-order valence-electron chi connectivity index (χ4n) is 3.91. The molecule has 19 heavy (non-hydrogen) atoms. The minimum absolute atomic E-state index is 0.378. The summed E-state index contributed by atoms with van der Waals surface area (Å²) < 4.78 is 0. The molecule has 0 atom stereocenters. The Labute approximate surface area is 117 Å². The monoisotopic (exact) mass is 258 g/mol. The van der Waals surface area contributed by atoms with Gasteiger partial charge in [0.1, 0.15) is 0 Å². The quantitative estimate of drug-likeness (QED) is 0.901. The Morgan fingerprint density at radius 1 is 1.05 bits per heavy atom. The highest BCUT2D eigenvalue weighted by molar-refractivity contribution is 5.55. The molecule has 2 N–H and O–H groups in total. The van der Waals surface area contributed by atoms with Gasteiger partial charge >= 0.3 is 0 Å². The molecule has 1 fully saturated rings. The van der Waals surface area contributed by atoms with Gasteiger partial charge in [0, 0.05) is 24.2 Å². The molecule has 0 aromatic heterocycles. The summed E-state index contributed by atoms with van der Waals surface area (Å²) in [6, 6.07) is 8.92. The van der Waals surface area contributed by atoms with Gasteiger partial charge in [-0.3, -0.25) is 0 Å². The van der Waals surface area contributed by atoms with Crippen LogP contribution in [0.1, 0.15) is 44.1 Å². The van der Waals surface area contributed by atoms with E-state index in [1.54, 1.807) is 0 Å². The lowest BCUT2D eigenvalue weighted by Crippen LogP contribution is -2.45. The van der Waals surface area contributed by atoms with E-state index in [1.807, 2.05) is 0 Å². The van der Waals surface area contributed by atoms with Crippen LogP contribution in [0.3, 0.4) is 0 Å². The van der Waals surface area contributed by atoms with Crippen molar-refractivity contribution in [1.29, 1.82) is 0 Å². The van der Waals surface area contributed by atoms with Crippen molar-refractivity contribution in [3.05, 3.63) is 29.8 Å². The molecule has 2 nitrogen and oxygen atoms in total. The lowest BCUT2D eigenvalue weighted by Gasteiger charge is -2.43. The van der Waals surface area contributed by atoms with Gasteiger partial charge in [-0.25, -0.2) is 0 Å². The zero-order valence-electron chi connectivity index (χ0n) is 11.9. The predicted octanol–water partition coefficient (Wildman–Crippen LogP) is 3.35. The summed E-state index contributed by atoms with van der Waals surface area (Å²) in [5, 5.41) is 0. The first kappa shape index (κ1) is 13.0. The molecule has 1 saturated carbocycles. The Kier molecular flexibility index (Phi) is 3.79. The first-order valence-electron chi connectivity index (χ1n) is 7.86. The van der Waals surface area contributed by atoms with Crippen LogP contribution in [0.15, 0.2) is 24.3 Å². The van der Waals surface area contributed by atoms with Gasteiger partial charge in [0.15, 0.2) is 0 Å². The van der Waals surface area contributed by atoms with Gasteiger partial charge in [-0.15, -0.1) is 0 Å². The molecule has 1 aliphatic carbocycles. The van der Waals surface area contributed by atoms with Crippen molar-refractivity contribution in [2.75, 3.05) is 24.5 Å². The molecule has 0 spiro atoms. The SMILES string of the molecule is NCC1(CN2CCCc3ccccc32)CCCCC1. The van der Waals surface area contributed by atoms with Crippen LogP contribution >= 0.6 is 0 Å². The van der Waals surface area contributed by atoms with E-state index in [0.717, 1.165) is 6.54 Å². The summed E-state index contributed by atoms with van der Waals surface area (Å²) in [5.41, 5.74) is 9.52. The third-order valence-corrected chi connectivity index (χ3v) is 5.08. The number of hydrogen-bond donors (Lipinski definition) is 1.